The molecule has 0 aliphatic carbocycles. The Morgan fingerprint density at radius 3 is 2.94 bits per heavy atom. The summed E-state index contributed by atoms with van der Waals surface area (Å²) in [5.74, 6) is 0.507. The molecular weight excluding hydrogens is 227 g/mol. The van der Waals surface area contributed by atoms with E-state index in [1.807, 2.05) is 6.07 Å². The van der Waals surface area contributed by atoms with Crippen LogP contribution in [0.25, 0.3) is 0 Å². The van der Waals surface area contributed by atoms with Gasteiger partial charge in [-0.05, 0) is 36.1 Å². The molecule has 1 unspecified atom stereocenters. The van der Waals surface area contributed by atoms with Gasteiger partial charge in [-0.1, -0.05) is 19.9 Å². The maximum Gasteiger partial charge on any atom is 0.123 e. The summed E-state index contributed by atoms with van der Waals surface area (Å²) in [7, 11) is 0. The Morgan fingerprint density at radius 1 is 1.44 bits per heavy atom. The van der Waals surface area contributed by atoms with E-state index in [4.69, 9.17) is 0 Å². The second-order valence-corrected chi connectivity index (χ2v) is 5.61. The fourth-order valence-electron chi connectivity index (χ4n) is 2.48. The van der Waals surface area contributed by atoms with Gasteiger partial charge in [0, 0.05) is 32.2 Å². The number of halogens is 1. The summed E-state index contributed by atoms with van der Waals surface area (Å²) in [6, 6.07) is 5.62. The van der Waals surface area contributed by atoms with Gasteiger partial charge in [-0.2, -0.15) is 0 Å². The van der Waals surface area contributed by atoms with E-state index in [1.54, 1.807) is 6.07 Å². The van der Waals surface area contributed by atoms with Crippen molar-refractivity contribution in [3.63, 3.8) is 0 Å². The number of nitrogens with one attached hydrogen (secondary N) is 1. The molecule has 1 aromatic rings. The first-order chi connectivity index (χ1) is 8.56. The molecule has 1 aliphatic heterocycles. The Labute approximate surface area is 109 Å². The number of benzene rings is 1. The molecule has 0 saturated carbocycles. The fourth-order valence-corrected chi connectivity index (χ4v) is 2.48. The van der Waals surface area contributed by atoms with E-state index in [1.165, 1.54) is 11.6 Å². The molecule has 1 N–H and O–H groups in total. The summed E-state index contributed by atoms with van der Waals surface area (Å²) >= 11 is 0. The van der Waals surface area contributed by atoms with Gasteiger partial charge >= 0.3 is 0 Å². The van der Waals surface area contributed by atoms with Crippen LogP contribution in [0, 0.1) is 18.7 Å². The first-order valence-corrected chi connectivity index (χ1v) is 6.77. The van der Waals surface area contributed by atoms with Gasteiger partial charge in [-0.15, -0.1) is 0 Å². The Morgan fingerprint density at radius 2 is 2.22 bits per heavy atom. The number of hydrogen-bond acceptors (Lipinski definition) is 2. The molecule has 0 bridgehead atoms. The fraction of sp³-hybridized carbons (Fsp3) is 0.600. The van der Waals surface area contributed by atoms with Gasteiger partial charge in [0.15, 0.2) is 0 Å². The summed E-state index contributed by atoms with van der Waals surface area (Å²) in [6.45, 7) is 10.5. The van der Waals surface area contributed by atoms with Gasteiger partial charge in [0.25, 0.3) is 0 Å². The normalized spacial score (nSPS) is 21.5. The molecule has 1 saturated heterocycles. The molecule has 2 rings (SSSR count). The SMILES string of the molecule is Cc1ccc(F)cc1CN1CCNC(C(C)C)C1. The molecule has 1 heterocycles. The Kier molecular flexibility index (Phi) is 4.36. The standard InChI is InChI=1S/C15H23FN2/c1-11(2)15-10-18(7-6-17-15)9-13-8-14(16)5-4-12(13)3/h4-5,8,11,15,17H,6-7,9-10H2,1-3H3. The van der Waals surface area contributed by atoms with E-state index in [0.717, 1.165) is 31.7 Å². The molecule has 18 heavy (non-hydrogen) atoms. The molecule has 2 nitrogen and oxygen atoms in total. The van der Waals surface area contributed by atoms with Gasteiger partial charge < -0.3 is 5.32 Å². The van der Waals surface area contributed by atoms with Crippen LogP contribution in [0.4, 0.5) is 4.39 Å². The zero-order chi connectivity index (χ0) is 13.1. The van der Waals surface area contributed by atoms with Crippen molar-refractivity contribution in [2.24, 2.45) is 5.92 Å². The molecule has 1 fully saturated rings. The third kappa shape index (κ3) is 3.30. The summed E-state index contributed by atoms with van der Waals surface area (Å²) in [5.41, 5.74) is 2.29. The van der Waals surface area contributed by atoms with Crippen LogP contribution < -0.4 is 5.32 Å². The number of nitrogens with zero attached hydrogens (tertiary/aromatic N) is 1. The third-order valence-corrected chi connectivity index (χ3v) is 3.80. The van der Waals surface area contributed by atoms with Crippen molar-refractivity contribution in [2.45, 2.75) is 33.4 Å². The van der Waals surface area contributed by atoms with Crippen LogP contribution in [0.3, 0.4) is 0 Å². The van der Waals surface area contributed by atoms with E-state index in [9.17, 15) is 4.39 Å². The zero-order valence-corrected chi connectivity index (χ0v) is 11.5. The van der Waals surface area contributed by atoms with Crippen LogP contribution in [-0.2, 0) is 6.54 Å². The second kappa shape index (κ2) is 5.81. The van der Waals surface area contributed by atoms with Gasteiger partial charge in [-0.3, -0.25) is 4.90 Å². The topological polar surface area (TPSA) is 15.3 Å². The molecule has 1 atom stereocenters. The Bertz CT molecular complexity index is 403. The number of rotatable bonds is 3. The monoisotopic (exact) mass is 250 g/mol. The van der Waals surface area contributed by atoms with Crippen molar-refractivity contribution in [2.75, 3.05) is 19.6 Å². The van der Waals surface area contributed by atoms with Gasteiger partial charge in [0.05, 0.1) is 0 Å². The number of hydrogen-bond donors (Lipinski definition) is 1. The first kappa shape index (κ1) is 13.5. The number of piperazine rings is 1. The second-order valence-electron chi connectivity index (χ2n) is 5.61. The molecule has 0 aromatic heterocycles. The van der Waals surface area contributed by atoms with E-state index in [2.05, 4.69) is 31.0 Å². The van der Waals surface area contributed by atoms with Crippen molar-refractivity contribution in [3.8, 4) is 0 Å². The van der Waals surface area contributed by atoms with Crippen molar-refractivity contribution in [1.82, 2.24) is 10.2 Å². The first-order valence-electron chi connectivity index (χ1n) is 6.77. The number of aryl methyl sites for hydroxylation is 1. The van der Waals surface area contributed by atoms with E-state index in [-0.39, 0.29) is 5.82 Å². The maximum absolute atomic E-state index is 13.3. The minimum atomic E-state index is -0.133. The van der Waals surface area contributed by atoms with E-state index >= 15 is 0 Å². The van der Waals surface area contributed by atoms with E-state index < -0.39 is 0 Å². The summed E-state index contributed by atoms with van der Waals surface area (Å²) < 4.78 is 13.3. The lowest BCUT2D eigenvalue weighted by molar-refractivity contribution is 0.168. The van der Waals surface area contributed by atoms with Gasteiger partial charge in [-0.25, -0.2) is 4.39 Å². The molecule has 1 aliphatic rings. The lowest BCUT2D eigenvalue weighted by Gasteiger charge is -2.36. The predicted octanol–water partition coefficient (Wildman–Crippen LogP) is 2.56. The highest BCUT2D eigenvalue weighted by atomic mass is 19.1. The average molecular weight is 250 g/mol. The van der Waals surface area contributed by atoms with Crippen LogP contribution in [0.5, 0.6) is 0 Å². The van der Waals surface area contributed by atoms with Gasteiger partial charge in [0.1, 0.15) is 5.82 Å². The lowest BCUT2D eigenvalue weighted by Crippen LogP contribution is -2.52. The lowest BCUT2D eigenvalue weighted by atomic mass is 10.0. The van der Waals surface area contributed by atoms with Gasteiger partial charge in [0.2, 0.25) is 0 Å². The minimum Gasteiger partial charge on any atom is -0.311 e. The molecule has 0 radical (unpaired) electrons. The van der Waals surface area contributed by atoms with Crippen molar-refractivity contribution >= 4 is 0 Å². The summed E-state index contributed by atoms with van der Waals surface area (Å²) in [6.07, 6.45) is 0. The molecule has 3 heteroatoms. The third-order valence-electron chi connectivity index (χ3n) is 3.80. The quantitative estimate of drug-likeness (QED) is 0.887. The van der Waals surface area contributed by atoms with Crippen LogP contribution in [0.15, 0.2) is 18.2 Å². The average Bonchev–Trinajstić information content (AvgIpc) is 2.34. The Balaban J connectivity index is 2.02. The van der Waals surface area contributed by atoms with Crippen LogP contribution in [-0.4, -0.2) is 30.6 Å². The zero-order valence-electron chi connectivity index (χ0n) is 11.5. The highest BCUT2D eigenvalue weighted by molar-refractivity contribution is 5.26. The molecular formula is C15H23FN2. The van der Waals surface area contributed by atoms with Crippen LogP contribution in [0.2, 0.25) is 0 Å². The largest absolute Gasteiger partial charge is 0.311 e. The molecule has 1 aromatic carbocycles. The summed E-state index contributed by atoms with van der Waals surface area (Å²) in [5, 5.41) is 3.54. The molecule has 100 valence electrons. The maximum atomic E-state index is 13.3. The molecule has 0 amide bonds. The summed E-state index contributed by atoms with van der Waals surface area (Å²) in [4.78, 5) is 2.42. The van der Waals surface area contributed by atoms with Crippen LogP contribution in [0.1, 0.15) is 25.0 Å². The predicted molar refractivity (Wildman–Crippen MR) is 73.0 cm³/mol. The molecule has 0 spiro atoms. The minimum absolute atomic E-state index is 0.133. The Hall–Kier alpha value is -0.930. The highest BCUT2D eigenvalue weighted by Gasteiger charge is 2.21. The van der Waals surface area contributed by atoms with Crippen molar-refractivity contribution in [1.29, 1.82) is 0 Å². The van der Waals surface area contributed by atoms with Crippen molar-refractivity contribution in [3.05, 3.63) is 35.1 Å². The van der Waals surface area contributed by atoms with Crippen LogP contribution >= 0.6 is 0 Å². The van der Waals surface area contributed by atoms with Crippen molar-refractivity contribution < 1.29 is 4.39 Å². The van der Waals surface area contributed by atoms with E-state index in [0.29, 0.717) is 12.0 Å². The smallest absolute Gasteiger partial charge is 0.123 e. The highest BCUT2D eigenvalue weighted by Crippen LogP contribution is 2.15.